The first-order valence-electron chi connectivity index (χ1n) is 4.74. The Morgan fingerprint density at radius 1 is 1.50 bits per heavy atom. The Balaban J connectivity index is 2.96. The summed E-state index contributed by atoms with van der Waals surface area (Å²) in [6.07, 6.45) is 3.78. The Morgan fingerprint density at radius 3 is 2.71 bits per heavy atom. The van der Waals surface area contributed by atoms with E-state index in [-0.39, 0.29) is 5.82 Å². The van der Waals surface area contributed by atoms with Crippen molar-refractivity contribution in [3.05, 3.63) is 46.7 Å². The maximum absolute atomic E-state index is 13.1. The van der Waals surface area contributed by atoms with Gasteiger partial charge in [-0.1, -0.05) is 28.9 Å². The molecule has 0 heterocycles. The highest BCUT2D eigenvalue weighted by molar-refractivity contribution is 9.10. The average molecular weight is 257 g/mol. The van der Waals surface area contributed by atoms with E-state index in [4.69, 9.17) is 0 Å². The molecule has 0 amide bonds. The van der Waals surface area contributed by atoms with Crippen molar-refractivity contribution >= 4 is 15.9 Å². The Kier molecular flexibility index (Phi) is 4.33. The van der Waals surface area contributed by atoms with E-state index in [1.807, 2.05) is 12.1 Å². The summed E-state index contributed by atoms with van der Waals surface area (Å²) in [4.78, 5) is 0. The highest BCUT2D eigenvalue weighted by Crippen LogP contribution is 2.27. The molecule has 76 valence electrons. The Morgan fingerprint density at radius 2 is 2.21 bits per heavy atom. The van der Waals surface area contributed by atoms with E-state index in [9.17, 15) is 4.39 Å². The van der Waals surface area contributed by atoms with E-state index in [2.05, 4.69) is 29.4 Å². The molecule has 1 rings (SSSR count). The van der Waals surface area contributed by atoms with Crippen molar-refractivity contribution in [1.82, 2.24) is 0 Å². The van der Waals surface area contributed by atoms with Gasteiger partial charge in [-0.3, -0.25) is 0 Å². The van der Waals surface area contributed by atoms with Gasteiger partial charge < -0.3 is 0 Å². The van der Waals surface area contributed by atoms with Crippen molar-refractivity contribution in [3.8, 4) is 0 Å². The van der Waals surface area contributed by atoms with Crippen LogP contribution in [0.15, 0.2) is 35.3 Å². The molecule has 0 bridgehead atoms. The standard InChI is InChI=1S/C12H14BrF/c1-3-5-9(4-2)10-6-11(13)8-12(14)7-10/h3,6-9H,1,4-5H2,2H3. The molecule has 1 aromatic carbocycles. The van der Waals surface area contributed by atoms with Gasteiger partial charge in [-0.25, -0.2) is 4.39 Å². The fraction of sp³-hybridized carbons (Fsp3) is 0.333. The smallest absolute Gasteiger partial charge is 0.124 e. The van der Waals surface area contributed by atoms with Gasteiger partial charge in [0.2, 0.25) is 0 Å². The first-order chi connectivity index (χ1) is 6.67. The summed E-state index contributed by atoms with van der Waals surface area (Å²) in [6.45, 7) is 5.82. The highest BCUT2D eigenvalue weighted by Gasteiger charge is 2.09. The average Bonchev–Trinajstić information content (AvgIpc) is 2.12. The molecule has 1 atom stereocenters. The van der Waals surface area contributed by atoms with Crippen LogP contribution in [0.5, 0.6) is 0 Å². The molecule has 2 heteroatoms. The van der Waals surface area contributed by atoms with Crippen LogP contribution in [0.2, 0.25) is 0 Å². The molecule has 0 spiro atoms. The van der Waals surface area contributed by atoms with E-state index in [0.717, 1.165) is 22.9 Å². The van der Waals surface area contributed by atoms with Gasteiger partial charge in [0.15, 0.2) is 0 Å². The SMILES string of the molecule is C=CCC(CC)c1cc(F)cc(Br)c1. The van der Waals surface area contributed by atoms with Crippen LogP contribution in [-0.4, -0.2) is 0 Å². The predicted molar refractivity (Wildman–Crippen MR) is 61.9 cm³/mol. The Labute approximate surface area is 93.0 Å². The Bertz CT molecular complexity index is 300. The molecule has 0 radical (unpaired) electrons. The summed E-state index contributed by atoms with van der Waals surface area (Å²) in [5.41, 5.74) is 1.04. The van der Waals surface area contributed by atoms with Crippen molar-refractivity contribution < 1.29 is 4.39 Å². The molecule has 14 heavy (non-hydrogen) atoms. The minimum absolute atomic E-state index is 0.183. The van der Waals surface area contributed by atoms with Crippen molar-refractivity contribution in [3.63, 3.8) is 0 Å². The van der Waals surface area contributed by atoms with E-state index >= 15 is 0 Å². The molecule has 0 aliphatic rings. The van der Waals surface area contributed by atoms with Gasteiger partial charge in [0.1, 0.15) is 5.82 Å². The van der Waals surface area contributed by atoms with E-state index < -0.39 is 0 Å². The van der Waals surface area contributed by atoms with Gasteiger partial charge in [0.25, 0.3) is 0 Å². The van der Waals surface area contributed by atoms with Crippen LogP contribution in [0, 0.1) is 5.82 Å². The lowest BCUT2D eigenvalue weighted by molar-refractivity contribution is 0.612. The summed E-state index contributed by atoms with van der Waals surface area (Å²) in [5, 5.41) is 0. The zero-order chi connectivity index (χ0) is 10.6. The fourth-order valence-corrected chi connectivity index (χ4v) is 2.03. The van der Waals surface area contributed by atoms with Crippen LogP contribution in [0.25, 0.3) is 0 Å². The maximum Gasteiger partial charge on any atom is 0.124 e. The largest absolute Gasteiger partial charge is 0.207 e. The lowest BCUT2D eigenvalue weighted by Gasteiger charge is -2.13. The predicted octanol–water partition coefficient (Wildman–Crippen LogP) is 4.66. The zero-order valence-corrected chi connectivity index (χ0v) is 9.85. The van der Waals surface area contributed by atoms with Gasteiger partial charge in [0, 0.05) is 4.47 Å². The van der Waals surface area contributed by atoms with Crippen molar-refractivity contribution in [2.24, 2.45) is 0 Å². The molecule has 0 aromatic heterocycles. The first-order valence-corrected chi connectivity index (χ1v) is 5.53. The molecule has 0 nitrogen and oxygen atoms in total. The number of hydrogen-bond acceptors (Lipinski definition) is 0. The number of rotatable bonds is 4. The lowest BCUT2D eigenvalue weighted by atomic mass is 9.93. The van der Waals surface area contributed by atoms with Crippen LogP contribution in [0.4, 0.5) is 4.39 Å². The second kappa shape index (κ2) is 5.30. The van der Waals surface area contributed by atoms with E-state index in [1.54, 1.807) is 6.07 Å². The molecule has 0 N–H and O–H groups in total. The van der Waals surface area contributed by atoms with E-state index in [1.165, 1.54) is 6.07 Å². The zero-order valence-electron chi connectivity index (χ0n) is 8.26. The monoisotopic (exact) mass is 256 g/mol. The topological polar surface area (TPSA) is 0 Å². The van der Waals surface area contributed by atoms with Crippen LogP contribution in [0.3, 0.4) is 0 Å². The first kappa shape index (κ1) is 11.4. The highest BCUT2D eigenvalue weighted by atomic mass is 79.9. The number of benzene rings is 1. The Hall–Kier alpha value is -0.630. The minimum atomic E-state index is -0.183. The third-order valence-corrected chi connectivity index (χ3v) is 2.76. The minimum Gasteiger partial charge on any atom is -0.207 e. The molecule has 1 unspecified atom stereocenters. The van der Waals surface area contributed by atoms with Gasteiger partial charge in [0.05, 0.1) is 0 Å². The molecule has 0 saturated carbocycles. The van der Waals surface area contributed by atoms with Crippen LogP contribution in [0.1, 0.15) is 31.2 Å². The van der Waals surface area contributed by atoms with Crippen LogP contribution >= 0.6 is 15.9 Å². The molecular formula is C12H14BrF. The lowest BCUT2D eigenvalue weighted by Crippen LogP contribution is -1.96. The summed E-state index contributed by atoms with van der Waals surface area (Å²) < 4.78 is 13.9. The van der Waals surface area contributed by atoms with Crippen molar-refractivity contribution in [1.29, 1.82) is 0 Å². The van der Waals surface area contributed by atoms with Crippen molar-refractivity contribution in [2.45, 2.75) is 25.7 Å². The molecule has 0 fully saturated rings. The van der Waals surface area contributed by atoms with E-state index in [0.29, 0.717) is 5.92 Å². The molecule has 1 aromatic rings. The quantitative estimate of drug-likeness (QED) is 0.688. The number of allylic oxidation sites excluding steroid dienone is 1. The summed E-state index contributed by atoms with van der Waals surface area (Å²) in [6, 6.07) is 5.05. The molecule has 0 saturated heterocycles. The second-order valence-electron chi connectivity index (χ2n) is 3.33. The van der Waals surface area contributed by atoms with Crippen LogP contribution in [-0.2, 0) is 0 Å². The third-order valence-electron chi connectivity index (χ3n) is 2.30. The second-order valence-corrected chi connectivity index (χ2v) is 4.25. The fourth-order valence-electron chi connectivity index (χ4n) is 1.55. The van der Waals surface area contributed by atoms with Gasteiger partial charge in [-0.2, -0.15) is 0 Å². The van der Waals surface area contributed by atoms with Crippen LogP contribution < -0.4 is 0 Å². The summed E-state index contributed by atoms with van der Waals surface area (Å²) in [5.74, 6) is 0.191. The number of halogens is 2. The summed E-state index contributed by atoms with van der Waals surface area (Å²) in [7, 11) is 0. The maximum atomic E-state index is 13.1. The van der Waals surface area contributed by atoms with Gasteiger partial charge >= 0.3 is 0 Å². The molecular weight excluding hydrogens is 243 g/mol. The molecule has 0 aliphatic carbocycles. The van der Waals surface area contributed by atoms with Gasteiger partial charge in [-0.05, 0) is 42.5 Å². The summed E-state index contributed by atoms with van der Waals surface area (Å²) >= 11 is 3.30. The van der Waals surface area contributed by atoms with Gasteiger partial charge in [-0.15, -0.1) is 6.58 Å². The third kappa shape index (κ3) is 2.95. The number of hydrogen-bond donors (Lipinski definition) is 0. The van der Waals surface area contributed by atoms with Crippen molar-refractivity contribution in [2.75, 3.05) is 0 Å². The molecule has 0 aliphatic heterocycles. The normalized spacial score (nSPS) is 12.5.